The van der Waals surface area contributed by atoms with Gasteiger partial charge < -0.3 is 15.4 Å². The summed E-state index contributed by atoms with van der Waals surface area (Å²) < 4.78 is 6.93. The summed E-state index contributed by atoms with van der Waals surface area (Å²) in [5, 5.41) is 6.94. The zero-order valence-electron chi connectivity index (χ0n) is 13.7. The van der Waals surface area contributed by atoms with Crippen LogP contribution in [0, 0.1) is 5.41 Å². The van der Waals surface area contributed by atoms with E-state index in [1.165, 1.54) is 6.20 Å². The summed E-state index contributed by atoms with van der Waals surface area (Å²) in [5.74, 6) is 0.487. The van der Waals surface area contributed by atoms with Gasteiger partial charge >= 0.3 is 0 Å². The number of nitrogens with zero attached hydrogens (tertiary/aromatic N) is 2. The molecule has 0 bridgehead atoms. The van der Waals surface area contributed by atoms with E-state index in [1.54, 1.807) is 23.4 Å². The third kappa shape index (κ3) is 3.93. The Morgan fingerprint density at radius 1 is 1.50 bits per heavy atom. The molecule has 0 atom stereocenters. The fourth-order valence-corrected chi connectivity index (χ4v) is 4.09. The van der Waals surface area contributed by atoms with Crippen LogP contribution in [0.3, 0.4) is 0 Å². The molecule has 134 valence electrons. The van der Waals surface area contributed by atoms with E-state index >= 15 is 0 Å². The lowest BCUT2D eigenvalue weighted by atomic mass is 9.79. The molecule has 0 aliphatic carbocycles. The minimum absolute atomic E-state index is 0. The Morgan fingerprint density at radius 3 is 2.96 bits per heavy atom. The molecule has 0 spiro atoms. The fraction of sp³-hybridized carbons (Fsp3) is 0.667. The highest BCUT2D eigenvalue weighted by Gasteiger charge is 2.33. The molecule has 7 nitrogen and oxygen atoms in total. The number of methoxy groups -OCH3 is 1. The number of carbonyl (C=O) groups excluding carboxylic acids is 1. The molecule has 0 aromatic carbocycles. The number of amides is 1. The molecule has 24 heavy (non-hydrogen) atoms. The molecule has 3 rings (SSSR count). The van der Waals surface area contributed by atoms with Crippen LogP contribution in [0.2, 0.25) is 0 Å². The number of hydrogen-bond donors (Lipinski definition) is 2. The maximum atomic E-state index is 12.4. The van der Waals surface area contributed by atoms with Crippen molar-refractivity contribution in [2.75, 3.05) is 39.1 Å². The highest BCUT2D eigenvalue weighted by atomic mass is 35.5. The van der Waals surface area contributed by atoms with Gasteiger partial charge in [-0.2, -0.15) is 0 Å². The largest absolute Gasteiger partial charge is 0.384 e. The number of aromatic nitrogens is 2. The number of carbonyl (C=O) groups is 1. The first-order valence-electron chi connectivity index (χ1n) is 7.86. The van der Waals surface area contributed by atoms with Crippen LogP contribution in [-0.4, -0.2) is 54.6 Å². The predicted octanol–water partition coefficient (Wildman–Crippen LogP) is 0.517. The average molecular weight is 375 g/mol. The fourth-order valence-electron chi connectivity index (χ4n) is 3.17. The number of nitrogens with one attached hydrogen (secondary N) is 2. The van der Waals surface area contributed by atoms with E-state index in [-0.39, 0.29) is 34.9 Å². The van der Waals surface area contributed by atoms with Crippen LogP contribution in [0.1, 0.15) is 23.2 Å². The minimum Gasteiger partial charge on any atom is -0.384 e. The molecule has 0 radical (unpaired) electrons. The van der Waals surface area contributed by atoms with Crippen molar-refractivity contribution < 1.29 is 9.53 Å². The van der Waals surface area contributed by atoms with Crippen molar-refractivity contribution in [2.45, 2.75) is 24.5 Å². The molecular formula is C15H23ClN4O3S. The van der Waals surface area contributed by atoms with E-state index in [1.807, 2.05) is 0 Å². The first-order chi connectivity index (χ1) is 11.2. The van der Waals surface area contributed by atoms with Crippen LogP contribution < -0.4 is 16.2 Å². The third-order valence-electron chi connectivity index (χ3n) is 4.54. The van der Waals surface area contributed by atoms with Gasteiger partial charge in [0.05, 0.1) is 6.61 Å². The van der Waals surface area contributed by atoms with Crippen LogP contribution in [0.5, 0.6) is 0 Å². The lowest BCUT2D eigenvalue weighted by Crippen LogP contribution is -2.47. The Hall–Kier alpha value is -1.09. The molecule has 1 amide bonds. The van der Waals surface area contributed by atoms with Crippen LogP contribution in [0.25, 0.3) is 0 Å². The van der Waals surface area contributed by atoms with Crippen LogP contribution in [0.15, 0.2) is 16.1 Å². The highest BCUT2D eigenvalue weighted by molar-refractivity contribution is 7.99. The molecule has 2 N–H and O–H groups in total. The second kappa shape index (κ2) is 8.33. The van der Waals surface area contributed by atoms with E-state index in [9.17, 15) is 9.59 Å². The molecule has 2 aliphatic rings. The number of piperidine rings is 1. The van der Waals surface area contributed by atoms with Gasteiger partial charge in [0.25, 0.3) is 11.5 Å². The van der Waals surface area contributed by atoms with E-state index in [4.69, 9.17) is 4.74 Å². The first kappa shape index (κ1) is 19.2. The number of fused-ring (bicyclic) bond motifs is 1. The van der Waals surface area contributed by atoms with Gasteiger partial charge in [0.1, 0.15) is 5.56 Å². The van der Waals surface area contributed by atoms with Crippen molar-refractivity contribution in [3.63, 3.8) is 0 Å². The SMILES string of the molecule is COCC1(CNC(=O)c2cnc3n(c2=O)CCS3)CCNCC1.Cl. The normalized spacial score (nSPS) is 18.5. The average Bonchev–Trinajstić information content (AvgIpc) is 3.04. The topological polar surface area (TPSA) is 85.2 Å². The van der Waals surface area contributed by atoms with Gasteiger partial charge in [-0.05, 0) is 25.9 Å². The quantitative estimate of drug-likeness (QED) is 0.731. The van der Waals surface area contributed by atoms with Crippen molar-refractivity contribution >= 4 is 30.1 Å². The lowest BCUT2D eigenvalue weighted by molar-refractivity contribution is 0.0511. The molecule has 1 aromatic heterocycles. The van der Waals surface area contributed by atoms with Crippen LogP contribution >= 0.6 is 24.2 Å². The summed E-state index contributed by atoms with van der Waals surface area (Å²) in [6.07, 6.45) is 3.28. The van der Waals surface area contributed by atoms with E-state index < -0.39 is 0 Å². The molecule has 1 aromatic rings. The monoisotopic (exact) mass is 374 g/mol. The second-order valence-electron chi connectivity index (χ2n) is 6.13. The van der Waals surface area contributed by atoms with Gasteiger partial charge in [0.2, 0.25) is 0 Å². The molecule has 0 saturated carbocycles. The van der Waals surface area contributed by atoms with E-state index in [2.05, 4.69) is 15.6 Å². The van der Waals surface area contributed by atoms with Crippen LogP contribution in [0.4, 0.5) is 0 Å². The van der Waals surface area contributed by atoms with E-state index in [0.29, 0.717) is 24.9 Å². The summed E-state index contributed by atoms with van der Waals surface area (Å²) in [5.41, 5.74) is -0.187. The van der Waals surface area contributed by atoms with Crippen molar-refractivity contribution in [1.29, 1.82) is 0 Å². The number of thioether (sulfide) groups is 1. The van der Waals surface area contributed by atoms with Crippen molar-refractivity contribution in [2.24, 2.45) is 5.41 Å². The van der Waals surface area contributed by atoms with Gasteiger partial charge in [0.15, 0.2) is 5.16 Å². The summed E-state index contributed by atoms with van der Waals surface area (Å²) in [6.45, 7) is 3.57. The Labute approximate surface area is 151 Å². The Balaban J connectivity index is 0.00000208. The number of ether oxygens (including phenoxy) is 1. The molecule has 1 saturated heterocycles. The molecule has 3 heterocycles. The predicted molar refractivity (Wildman–Crippen MR) is 95.2 cm³/mol. The Bertz CT molecular complexity index is 641. The zero-order chi connectivity index (χ0) is 16.3. The highest BCUT2D eigenvalue weighted by Crippen LogP contribution is 2.28. The van der Waals surface area contributed by atoms with Gasteiger partial charge in [-0.25, -0.2) is 4.98 Å². The first-order valence-corrected chi connectivity index (χ1v) is 8.84. The van der Waals surface area contributed by atoms with Crippen molar-refractivity contribution in [1.82, 2.24) is 20.2 Å². The van der Waals surface area contributed by atoms with Gasteiger partial charge in [-0.15, -0.1) is 12.4 Å². The maximum Gasteiger partial charge on any atom is 0.267 e. The minimum atomic E-state index is -0.344. The number of halogens is 1. The smallest absolute Gasteiger partial charge is 0.267 e. The van der Waals surface area contributed by atoms with Gasteiger partial charge in [0, 0.05) is 37.6 Å². The molecular weight excluding hydrogens is 352 g/mol. The van der Waals surface area contributed by atoms with Crippen molar-refractivity contribution in [3.8, 4) is 0 Å². The van der Waals surface area contributed by atoms with E-state index in [0.717, 1.165) is 31.7 Å². The number of rotatable bonds is 5. The van der Waals surface area contributed by atoms with Crippen LogP contribution in [-0.2, 0) is 11.3 Å². The molecule has 2 aliphatic heterocycles. The molecule has 9 heteroatoms. The third-order valence-corrected chi connectivity index (χ3v) is 5.51. The molecule has 0 unspecified atom stereocenters. The zero-order valence-corrected chi connectivity index (χ0v) is 15.3. The Kier molecular flexibility index (Phi) is 6.68. The summed E-state index contributed by atoms with van der Waals surface area (Å²) in [4.78, 5) is 29.0. The Morgan fingerprint density at radius 2 is 2.25 bits per heavy atom. The number of hydrogen-bond acceptors (Lipinski definition) is 6. The van der Waals surface area contributed by atoms with Gasteiger partial charge in [-0.3, -0.25) is 14.2 Å². The standard InChI is InChI=1S/C15H22N4O3S.ClH/c1-22-10-15(2-4-16-5-3-15)9-18-12(20)11-8-17-14-19(13(11)21)6-7-23-14;/h8,16H,2-7,9-10H2,1H3,(H,18,20);1H. The molecule has 1 fully saturated rings. The second-order valence-corrected chi connectivity index (χ2v) is 7.19. The van der Waals surface area contributed by atoms with Crippen molar-refractivity contribution in [3.05, 3.63) is 22.1 Å². The maximum absolute atomic E-state index is 12.4. The summed E-state index contributed by atoms with van der Waals surface area (Å²) in [6, 6.07) is 0. The van der Waals surface area contributed by atoms with Gasteiger partial charge in [-0.1, -0.05) is 11.8 Å². The summed E-state index contributed by atoms with van der Waals surface area (Å²) in [7, 11) is 1.68. The summed E-state index contributed by atoms with van der Waals surface area (Å²) >= 11 is 1.54. The lowest BCUT2D eigenvalue weighted by Gasteiger charge is -2.37.